The topological polar surface area (TPSA) is 74.2 Å². The van der Waals surface area contributed by atoms with Crippen LogP contribution in [-0.2, 0) is 6.42 Å². The van der Waals surface area contributed by atoms with Gasteiger partial charge < -0.3 is 15.0 Å². The van der Waals surface area contributed by atoms with Crippen LogP contribution in [0.2, 0.25) is 0 Å². The van der Waals surface area contributed by atoms with Gasteiger partial charge in [0.15, 0.2) is 11.6 Å². The van der Waals surface area contributed by atoms with Crippen LogP contribution in [0, 0.1) is 5.82 Å². The van der Waals surface area contributed by atoms with Crippen molar-refractivity contribution >= 4 is 0 Å². The van der Waals surface area contributed by atoms with Crippen molar-refractivity contribution in [3.8, 4) is 17.1 Å². The number of aryl methyl sites for hydroxylation is 1. The van der Waals surface area contributed by atoms with Gasteiger partial charge in [0, 0.05) is 12.0 Å². The predicted molar refractivity (Wildman–Crippen MR) is 63.6 cm³/mol. The zero-order valence-electron chi connectivity index (χ0n) is 10.0. The third-order valence-electron chi connectivity index (χ3n) is 2.47. The number of benzene rings is 1. The van der Waals surface area contributed by atoms with E-state index in [1.807, 2.05) is 0 Å². The highest BCUT2D eigenvalue weighted by Gasteiger charge is 2.11. The molecule has 0 spiro atoms. The fourth-order valence-corrected chi connectivity index (χ4v) is 1.53. The number of hydrogen-bond acceptors (Lipinski definition) is 5. The van der Waals surface area contributed by atoms with Gasteiger partial charge in [-0.15, -0.1) is 0 Å². The molecule has 96 valence electrons. The molecular formula is C12H14FN3O2. The molecule has 0 unspecified atom stereocenters. The molecule has 0 amide bonds. The zero-order valence-corrected chi connectivity index (χ0v) is 10.0. The molecule has 0 aliphatic rings. The van der Waals surface area contributed by atoms with Gasteiger partial charge in [-0.1, -0.05) is 5.16 Å². The highest BCUT2D eigenvalue weighted by Crippen LogP contribution is 2.23. The second-order valence-electron chi connectivity index (χ2n) is 3.75. The van der Waals surface area contributed by atoms with Gasteiger partial charge in [-0.3, -0.25) is 0 Å². The lowest BCUT2D eigenvalue weighted by Gasteiger charge is -2.01. The molecule has 1 aromatic heterocycles. The van der Waals surface area contributed by atoms with Crippen molar-refractivity contribution in [2.75, 3.05) is 13.7 Å². The maximum absolute atomic E-state index is 13.5. The third kappa shape index (κ3) is 2.65. The molecule has 6 heteroatoms. The standard InChI is InChI=1S/C12H14FN3O2/c1-17-10-5-4-8(7-9(10)13)12-15-11(18-16-12)3-2-6-14/h4-5,7H,2-3,6,14H2,1H3. The number of rotatable bonds is 5. The Morgan fingerprint density at radius 1 is 1.44 bits per heavy atom. The lowest BCUT2D eigenvalue weighted by molar-refractivity contribution is 0.376. The Morgan fingerprint density at radius 2 is 2.28 bits per heavy atom. The van der Waals surface area contributed by atoms with Crippen LogP contribution in [0.25, 0.3) is 11.4 Å². The minimum atomic E-state index is -0.455. The predicted octanol–water partition coefficient (Wildman–Crippen LogP) is 1.78. The van der Waals surface area contributed by atoms with Gasteiger partial charge in [-0.05, 0) is 31.2 Å². The number of hydrogen-bond donors (Lipinski definition) is 1. The van der Waals surface area contributed by atoms with Crippen molar-refractivity contribution in [2.24, 2.45) is 5.73 Å². The van der Waals surface area contributed by atoms with E-state index in [4.69, 9.17) is 15.0 Å². The van der Waals surface area contributed by atoms with E-state index in [1.165, 1.54) is 19.2 Å². The second-order valence-corrected chi connectivity index (χ2v) is 3.75. The van der Waals surface area contributed by atoms with E-state index in [1.54, 1.807) is 6.07 Å². The van der Waals surface area contributed by atoms with Crippen LogP contribution in [0.15, 0.2) is 22.7 Å². The minimum absolute atomic E-state index is 0.186. The van der Waals surface area contributed by atoms with Gasteiger partial charge in [0.25, 0.3) is 0 Å². The maximum atomic E-state index is 13.5. The summed E-state index contributed by atoms with van der Waals surface area (Å²) in [6.45, 7) is 0.564. The van der Waals surface area contributed by atoms with Gasteiger partial charge in [-0.2, -0.15) is 4.98 Å². The Labute approximate surface area is 104 Å². The average Bonchev–Trinajstić information content (AvgIpc) is 2.85. The molecule has 0 bridgehead atoms. The van der Waals surface area contributed by atoms with E-state index in [2.05, 4.69) is 10.1 Å². The van der Waals surface area contributed by atoms with Crippen molar-refractivity contribution in [2.45, 2.75) is 12.8 Å². The first-order valence-electron chi connectivity index (χ1n) is 5.61. The Morgan fingerprint density at radius 3 is 2.94 bits per heavy atom. The van der Waals surface area contributed by atoms with Crippen molar-refractivity contribution in [3.63, 3.8) is 0 Å². The van der Waals surface area contributed by atoms with Crippen LogP contribution in [0.5, 0.6) is 5.75 Å². The summed E-state index contributed by atoms with van der Waals surface area (Å²) in [5.41, 5.74) is 5.94. The number of halogens is 1. The van der Waals surface area contributed by atoms with Crippen LogP contribution < -0.4 is 10.5 Å². The normalized spacial score (nSPS) is 10.6. The quantitative estimate of drug-likeness (QED) is 0.876. The fourth-order valence-electron chi connectivity index (χ4n) is 1.53. The molecule has 1 heterocycles. The largest absolute Gasteiger partial charge is 0.494 e. The minimum Gasteiger partial charge on any atom is -0.494 e. The Hall–Kier alpha value is -1.95. The summed E-state index contributed by atoms with van der Waals surface area (Å²) in [5.74, 6) is 0.601. The Kier molecular flexibility index (Phi) is 3.88. The fraction of sp³-hybridized carbons (Fsp3) is 0.333. The van der Waals surface area contributed by atoms with Crippen molar-refractivity contribution < 1.29 is 13.7 Å². The molecule has 0 atom stereocenters. The lowest BCUT2D eigenvalue weighted by atomic mass is 10.2. The van der Waals surface area contributed by atoms with E-state index >= 15 is 0 Å². The molecule has 0 aliphatic heterocycles. The third-order valence-corrected chi connectivity index (χ3v) is 2.47. The molecule has 0 radical (unpaired) electrons. The van der Waals surface area contributed by atoms with Gasteiger partial charge in [0.1, 0.15) is 0 Å². The summed E-state index contributed by atoms with van der Waals surface area (Å²) < 4.78 is 23.4. The molecule has 0 saturated carbocycles. The van der Waals surface area contributed by atoms with Crippen LogP contribution in [0.4, 0.5) is 4.39 Å². The Balaban J connectivity index is 2.20. The van der Waals surface area contributed by atoms with Gasteiger partial charge in [0.05, 0.1) is 7.11 Å². The van der Waals surface area contributed by atoms with E-state index in [0.29, 0.717) is 30.2 Å². The molecule has 2 aromatic rings. The zero-order chi connectivity index (χ0) is 13.0. The highest BCUT2D eigenvalue weighted by molar-refractivity contribution is 5.56. The number of ether oxygens (including phenoxy) is 1. The first kappa shape index (κ1) is 12.5. The van der Waals surface area contributed by atoms with E-state index in [9.17, 15) is 4.39 Å². The molecule has 0 fully saturated rings. The van der Waals surface area contributed by atoms with E-state index in [0.717, 1.165) is 6.42 Å². The molecule has 2 N–H and O–H groups in total. The monoisotopic (exact) mass is 251 g/mol. The summed E-state index contributed by atoms with van der Waals surface area (Å²) in [4.78, 5) is 4.17. The number of methoxy groups -OCH3 is 1. The first-order chi connectivity index (χ1) is 8.74. The molecule has 2 rings (SSSR count). The van der Waals surface area contributed by atoms with Crippen LogP contribution in [0.3, 0.4) is 0 Å². The molecule has 1 aromatic carbocycles. The summed E-state index contributed by atoms with van der Waals surface area (Å²) >= 11 is 0. The summed E-state index contributed by atoms with van der Waals surface area (Å²) in [5, 5.41) is 3.80. The molecule has 5 nitrogen and oxygen atoms in total. The molecule has 18 heavy (non-hydrogen) atoms. The van der Waals surface area contributed by atoms with Crippen LogP contribution in [0.1, 0.15) is 12.3 Å². The van der Waals surface area contributed by atoms with Gasteiger partial charge in [0.2, 0.25) is 11.7 Å². The molecular weight excluding hydrogens is 237 g/mol. The first-order valence-corrected chi connectivity index (χ1v) is 5.61. The summed E-state index contributed by atoms with van der Waals surface area (Å²) in [6.07, 6.45) is 1.40. The van der Waals surface area contributed by atoms with E-state index in [-0.39, 0.29) is 5.75 Å². The highest BCUT2D eigenvalue weighted by atomic mass is 19.1. The Bertz CT molecular complexity index is 528. The molecule has 0 saturated heterocycles. The number of nitrogens with zero attached hydrogens (tertiary/aromatic N) is 2. The average molecular weight is 251 g/mol. The summed E-state index contributed by atoms with van der Waals surface area (Å²) in [6, 6.07) is 4.52. The number of nitrogens with two attached hydrogens (primary N) is 1. The second kappa shape index (κ2) is 5.59. The van der Waals surface area contributed by atoms with Crippen molar-refractivity contribution in [3.05, 3.63) is 29.9 Å². The van der Waals surface area contributed by atoms with Crippen molar-refractivity contribution in [1.82, 2.24) is 10.1 Å². The lowest BCUT2D eigenvalue weighted by Crippen LogP contribution is -2.00. The molecule has 0 aliphatic carbocycles. The van der Waals surface area contributed by atoms with E-state index < -0.39 is 5.82 Å². The van der Waals surface area contributed by atoms with Crippen molar-refractivity contribution in [1.29, 1.82) is 0 Å². The van der Waals surface area contributed by atoms with Crippen LogP contribution in [-0.4, -0.2) is 23.8 Å². The van der Waals surface area contributed by atoms with Gasteiger partial charge in [-0.25, -0.2) is 4.39 Å². The maximum Gasteiger partial charge on any atom is 0.227 e. The smallest absolute Gasteiger partial charge is 0.227 e. The van der Waals surface area contributed by atoms with Crippen LogP contribution >= 0.6 is 0 Å². The summed E-state index contributed by atoms with van der Waals surface area (Å²) in [7, 11) is 1.41. The SMILES string of the molecule is COc1ccc(-c2noc(CCCN)n2)cc1F. The number of aromatic nitrogens is 2. The van der Waals surface area contributed by atoms with Gasteiger partial charge >= 0.3 is 0 Å².